The van der Waals surface area contributed by atoms with Crippen molar-refractivity contribution in [1.82, 2.24) is 4.98 Å². The Morgan fingerprint density at radius 1 is 1.04 bits per heavy atom. The maximum Gasteiger partial charge on any atom is 0.232 e. The van der Waals surface area contributed by atoms with Gasteiger partial charge in [0.1, 0.15) is 11.6 Å². The van der Waals surface area contributed by atoms with Gasteiger partial charge in [0.15, 0.2) is 0 Å². The van der Waals surface area contributed by atoms with Crippen molar-refractivity contribution in [1.29, 1.82) is 5.26 Å². The third-order valence-corrected chi connectivity index (χ3v) is 4.13. The fourth-order valence-electron chi connectivity index (χ4n) is 2.48. The second-order valence-corrected chi connectivity index (χ2v) is 6.07. The summed E-state index contributed by atoms with van der Waals surface area (Å²) in [5.74, 6) is 0.374. The molecule has 0 N–H and O–H groups in total. The van der Waals surface area contributed by atoms with E-state index >= 15 is 0 Å². The fourth-order valence-corrected chi connectivity index (χ4v) is 2.75. The molecule has 0 spiro atoms. The van der Waals surface area contributed by atoms with E-state index in [0.29, 0.717) is 18.1 Å². The van der Waals surface area contributed by atoms with Gasteiger partial charge in [-0.25, -0.2) is 4.98 Å². The van der Waals surface area contributed by atoms with E-state index in [1.807, 2.05) is 67.6 Å². The number of hydrogen-bond acceptors (Lipinski definition) is 3. The third-order valence-electron chi connectivity index (χ3n) is 3.60. The zero-order valence-electron chi connectivity index (χ0n) is 13.2. The summed E-state index contributed by atoms with van der Waals surface area (Å²) in [5, 5.41) is 9.61. The van der Waals surface area contributed by atoms with E-state index in [2.05, 4.69) is 27.0 Å². The monoisotopic (exact) mass is 378 g/mol. The van der Waals surface area contributed by atoms with Crippen LogP contribution in [-0.4, -0.2) is 11.6 Å². The van der Waals surface area contributed by atoms with E-state index < -0.39 is 0 Å². The van der Waals surface area contributed by atoms with Crippen molar-refractivity contribution in [2.45, 2.75) is 6.92 Å². The first-order valence-corrected chi connectivity index (χ1v) is 8.41. The van der Waals surface area contributed by atoms with Crippen molar-refractivity contribution >= 4 is 15.9 Å². The number of rotatable bonds is 4. The van der Waals surface area contributed by atoms with Gasteiger partial charge in [-0.2, -0.15) is 5.26 Å². The van der Waals surface area contributed by atoms with Crippen LogP contribution in [0.4, 0.5) is 0 Å². The highest BCUT2D eigenvalue weighted by Crippen LogP contribution is 2.33. The number of ether oxygens (including phenoxy) is 1. The smallest absolute Gasteiger partial charge is 0.232 e. The van der Waals surface area contributed by atoms with Gasteiger partial charge in [-0.15, -0.1) is 0 Å². The van der Waals surface area contributed by atoms with Gasteiger partial charge in [-0.05, 0) is 30.7 Å². The summed E-state index contributed by atoms with van der Waals surface area (Å²) in [6, 6.07) is 21.9. The minimum atomic E-state index is 0.374. The number of nitrogens with zero attached hydrogens (tertiary/aromatic N) is 2. The molecule has 0 saturated heterocycles. The SMILES string of the molecule is CCOc1nc(-c2ccc(Br)cc2)cc(-c2ccccc2)c1C#N. The molecule has 3 nitrogen and oxygen atoms in total. The zero-order chi connectivity index (χ0) is 16.9. The lowest BCUT2D eigenvalue weighted by Crippen LogP contribution is -2.01. The molecule has 0 atom stereocenters. The molecule has 4 heteroatoms. The summed E-state index contributed by atoms with van der Waals surface area (Å²) in [6.07, 6.45) is 0. The molecule has 0 fully saturated rings. The zero-order valence-corrected chi connectivity index (χ0v) is 14.7. The molecule has 1 heterocycles. The Hall–Kier alpha value is -2.64. The summed E-state index contributed by atoms with van der Waals surface area (Å²) in [7, 11) is 0. The minimum absolute atomic E-state index is 0.374. The second kappa shape index (κ2) is 7.29. The van der Waals surface area contributed by atoms with Crippen LogP contribution in [0.3, 0.4) is 0 Å². The molecule has 0 amide bonds. The number of pyridine rings is 1. The van der Waals surface area contributed by atoms with Crippen LogP contribution in [0.2, 0.25) is 0 Å². The van der Waals surface area contributed by atoms with Gasteiger partial charge in [0.25, 0.3) is 0 Å². The minimum Gasteiger partial charge on any atom is -0.477 e. The van der Waals surface area contributed by atoms with E-state index in [1.54, 1.807) is 0 Å². The van der Waals surface area contributed by atoms with Gasteiger partial charge >= 0.3 is 0 Å². The van der Waals surface area contributed by atoms with Crippen LogP contribution in [0.1, 0.15) is 12.5 Å². The first-order valence-electron chi connectivity index (χ1n) is 7.62. The molecule has 0 unspecified atom stereocenters. The van der Waals surface area contributed by atoms with Crippen molar-refractivity contribution in [3.63, 3.8) is 0 Å². The van der Waals surface area contributed by atoms with Gasteiger partial charge in [0.2, 0.25) is 5.88 Å². The van der Waals surface area contributed by atoms with Crippen LogP contribution in [0.5, 0.6) is 5.88 Å². The number of benzene rings is 2. The van der Waals surface area contributed by atoms with Crippen molar-refractivity contribution in [2.24, 2.45) is 0 Å². The third kappa shape index (κ3) is 3.32. The van der Waals surface area contributed by atoms with Crippen molar-refractivity contribution in [3.05, 3.63) is 70.7 Å². The summed E-state index contributed by atoms with van der Waals surface area (Å²) < 4.78 is 6.64. The van der Waals surface area contributed by atoms with Crippen LogP contribution in [0.15, 0.2) is 65.1 Å². The predicted molar refractivity (Wildman–Crippen MR) is 98.7 cm³/mol. The van der Waals surface area contributed by atoms with Gasteiger partial charge in [-0.1, -0.05) is 58.4 Å². The van der Waals surface area contributed by atoms with Crippen LogP contribution in [0, 0.1) is 11.3 Å². The largest absolute Gasteiger partial charge is 0.477 e. The Morgan fingerprint density at radius 3 is 2.38 bits per heavy atom. The summed E-state index contributed by atoms with van der Waals surface area (Å²) >= 11 is 3.44. The topological polar surface area (TPSA) is 45.9 Å². The van der Waals surface area contributed by atoms with E-state index in [9.17, 15) is 5.26 Å². The average molecular weight is 379 g/mol. The predicted octanol–water partition coefficient (Wildman–Crippen LogP) is 5.45. The highest BCUT2D eigenvalue weighted by atomic mass is 79.9. The normalized spacial score (nSPS) is 10.2. The number of nitriles is 1. The Bertz CT molecular complexity index is 884. The molecular weight excluding hydrogens is 364 g/mol. The average Bonchev–Trinajstić information content (AvgIpc) is 2.63. The molecule has 0 bridgehead atoms. The van der Waals surface area contributed by atoms with Crippen LogP contribution < -0.4 is 4.74 Å². The van der Waals surface area contributed by atoms with Crippen molar-refractivity contribution in [2.75, 3.05) is 6.61 Å². The lowest BCUT2D eigenvalue weighted by Gasteiger charge is -2.12. The van der Waals surface area contributed by atoms with E-state index in [0.717, 1.165) is 26.9 Å². The molecule has 0 aliphatic carbocycles. The molecule has 118 valence electrons. The Kier molecular flexibility index (Phi) is 4.93. The molecule has 1 aromatic heterocycles. The van der Waals surface area contributed by atoms with Gasteiger partial charge in [0, 0.05) is 15.6 Å². The summed E-state index contributed by atoms with van der Waals surface area (Å²) in [6.45, 7) is 2.34. The molecule has 3 aromatic rings. The lowest BCUT2D eigenvalue weighted by atomic mass is 9.99. The molecule has 3 rings (SSSR count). The first-order chi connectivity index (χ1) is 11.7. The van der Waals surface area contributed by atoms with E-state index in [1.165, 1.54) is 0 Å². The molecule has 0 aliphatic rings. The Balaban J connectivity index is 2.23. The molecule has 2 aromatic carbocycles. The number of halogens is 1. The molecular formula is C20H15BrN2O. The van der Waals surface area contributed by atoms with Crippen molar-refractivity contribution in [3.8, 4) is 34.3 Å². The standard InChI is InChI=1S/C20H15BrN2O/c1-2-24-20-18(13-22)17(14-6-4-3-5-7-14)12-19(23-20)15-8-10-16(21)11-9-15/h3-12H,2H2,1H3. The van der Waals surface area contributed by atoms with Crippen LogP contribution in [-0.2, 0) is 0 Å². The molecule has 0 aliphatic heterocycles. The van der Waals surface area contributed by atoms with Crippen molar-refractivity contribution < 1.29 is 4.74 Å². The van der Waals surface area contributed by atoms with Gasteiger partial charge in [-0.3, -0.25) is 0 Å². The van der Waals surface area contributed by atoms with Gasteiger partial charge < -0.3 is 4.74 Å². The fraction of sp³-hybridized carbons (Fsp3) is 0.100. The number of aromatic nitrogens is 1. The highest BCUT2D eigenvalue weighted by molar-refractivity contribution is 9.10. The summed E-state index contributed by atoms with van der Waals surface area (Å²) in [4.78, 5) is 4.56. The van der Waals surface area contributed by atoms with Crippen LogP contribution >= 0.6 is 15.9 Å². The number of hydrogen-bond donors (Lipinski definition) is 0. The Morgan fingerprint density at radius 2 is 1.75 bits per heavy atom. The van der Waals surface area contributed by atoms with E-state index in [4.69, 9.17) is 4.74 Å². The maximum atomic E-state index is 9.61. The molecule has 0 radical (unpaired) electrons. The van der Waals surface area contributed by atoms with Crippen LogP contribution in [0.25, 0.3) is 22.4 Å². The molecule has 0 saturated carbocycles. The van der Waals surface area contributed by atoms with E-state index in [-0.39, 0.29) is 0 Å². The summed E-state index contributed by atoms with van der Waals surface area (Å²) in [5.41, 5.74) is 4.01. The lowest BCUT2D eigenvalue weighted by molar-refractivity contribution is 0.326. The quantitative estimate of drug-likeness (QED) is 0.606. The first kappa shape index (κ1) is 16.2. The second-order valence-electron chi connectivity index (χ2n) is 5.15. The molecule has 24 heavy (non-hydrogen) atoms. The highest BCUT2D eigenvalue weighted by Gasteiger charge is 2.16. The van der Waals surface area contributed by atoms with Gasteiger partial charge in [0.05, 0.1) is 12.3 Å². The maximum absolute atomic E-state index is 9.61. The Labute approximate surface area is 149 Å².